The lowest BCUT2D eigenvalue weighted by Crippen LogP contribution is -2.02. The fourth-order valence-electron chi connectivity index (χ4n) is 1.64. The summed E-state index contributed by atoms with van der Waals surface area (Å²) in [6.07, 6.45) is 0. The van der Waals surface area contributed by atoms with Crippen molar-refractivity contribution >= 4 is 44.9 Å². The third-order valence-electron chi connectivity index (χ3n) is 2.59. The number of hydrogen-bond donors (Lipinski definition) is 0. The maximum Gasteiger partial charge on any atom is 0.194 e. The van der Waals surface area contributed by atoms with Crippen molar-refractivity contribution in [3.8, 4) is 5.75 Å². The fraction of sp³-hybridized carbons (Fsp3) is 0.0714. The van der Waals surface area contributed by atoms with Gasteiger partial charge in [-0.25, -0.2) is 0 Å². The van der Waals surface area contributed by atoms with Crippen molar-refractivity contribution in [1.82, 2.24) is 0 Å². The van der Waals surface area contributed by atoms with Crippen LogP contribution in [0.3, 0.4) is 0 Å². The molecule has 0 saturated heterocycles. The Morgan fingerprint density at radius 3 is 2.42 bits per heavy atom. The normalized spacial score (nSPS) is 10.3. The minimum absolute atomic E-state index is 0.179. The fourth-order valence-corrected chi connectivity index (χ4v) is 2.65. The van der Waals surface area contributed by atoms with Gasteiger partial charge in [-0.15, -0.1) is 0 Å². The molecule has 0 spiro atoms. The molecule has 0 aromatic heterocycles. The van der Waals surface area contributed by atoms with Crippen molar-refractivity contribution in [1.29, 1.82) is 0 Å². The topological polar surface area (TPSA) is 26.3 Å². The molecule has 0 bridgehead atoms. The van der Waals surface area contributed by atoms with Crippen LogP contribution in [0.15, 0.2) is 40.9 Å². The van der Waals surface area contributed by atoms with Crippen molar-refractivity contribution in [2.24, 2.45) is 0 Å². The Hall–Kier alpha value is -1.03. The highest BCUT2D eigenvalue weighted by atomic mass is 79.9. The van der Waals surface area contributed by atoms with Crippen molar-refractivity contribution in [3.63, 3.8) is 0 Å². The summed E-state index contributed by atoms with van der Waals surface area (Å²) in [6.45, 7) is 0. The lowest BCUT2D eigenvalue weighted by atomic mass is 10.0. The molecule has 0 radical (unpaired) electrons. The first kappa shape index (κ1) is 14.4. The Labute approximate surface area is 129 Å². The number of carbonyl (C=O) groups excluding carboxylic acids is 1. The predicted octanol–water partition coefficient (Wildman–Crippen LogP) is 5.00. The van der Waals surface area contributed by atoms with Crippen LogP contribution in [0.4, 0.5) is 0 Å². The maximum atomic E-state index is 12.3. The monoisotopic (exact) mass is 358 g/mol. The van der Waals surface area contributed by atoms with Gasteiger partial charge in [0.15, 0.2) is 5.78 Å². The molecule has 0 N–H and O–H groups in total. The van der Waals surface area contributed by atoms with Crippen LogP contribution < -0.4 is 4.74 Å². The van der Waals surface area contributed by atoms with Crippen molar-refractivity contribution in [3.05, 3.63) is 62.0 Å². The summed E-state index contributed by atoms with van der Waals surface area (Å²) in [5.41, 5.74) is 0.904. The molecule has 2 aromatic carbocycles. The van der Waals surface area contributed by atoms with Gasteiger partial charge in [-0.3, -0.25) is 4.79 Å². The van der Waals surface area contributed by atoms with Crippen LogP contribution in [0.1, 0.15) is 15.9 Å². The molecular formula is C14H9BrCl2O2. The van der Waals surface area contributed by atoms with Gasteiger partial charge >= 0.3 is 0 Å². The van der Waals surface area contributed by atoms with E-state index in [0.29, 0.717) is 26.9 Å². The zero-order valence-electron chi connectivity index (χ0n) is 9.91. The Balaban J connectivity index is 2.41. The minimum Gasteiger partial charge on any atom is -0.495 e. The number of rotatable bonds is 3. The third-order valence-corrected chi connectivity index (χ3v) is 3.69. The summed E-state index contributed by atoms with van der Waals surface area (Å²) in [7, 11) is 1.52. The zero-order chi connectivity index (χ0) is 14.0. The third kappa shape index (κ3) is 3.11. The van der Waals surface area contributed by atoms with E-state index in [1.54, 1.807) is 36.4 Å². The van der Waals surface area contributed by atoms with Gasteiger partial charge in [0.1, 0.15) is 5.75 Å². The van der Waals surface area contributed by atoms with E-state index in [0.717, 1.165) is 4.47 Å². The molecule has 5 heteroatoms. The van der Waals surface area contributed by atoms with Crippen LogP contribution >= 0.6 is 39.1 Å². The Morgan fingerprint density at radius 2 is 1.84 bits per heavy atom. The average molecular weight is 360 g/mol. The first-order chi connectivity index (χ1) is 9.02. The van der Waals surface area contributed by atoms with Crippen LogP contribution in [-0.4, -0.2) is 12.9 Å². The van der Waals surface area contributed by atoms with E-state index >= 15 is 0 Å². The van der Waals surface area contributed by atoms with Crippen LogP contribution in [0, 0.1) is 0 Å². The predicted molar refractivity (Wildman–Crippen MR) is 80.6 cm³/mol. The molecule has 0 aliphatic rings. The molecule has 0 aliphatic carbocycles. The summed E-state index contributed by atoms with van der Waals surface area (Å²) in [4.78, 5) is 12.3. The number of hydrogen-bond acceptors (Lipinski definition) is 2. The molecular weight excluding hydrogens is 351 g/mol. The quantitative estimate of drug-likeness (QED) is 0.721. The second kappa shape index (κ2) is 5.95. The van der Waals surface area contributed by atoms with Gasteiger partial charge in [0.2, 0.25) is 0 Å². The SMILES string of the molecule is COc1ccc(C(=O)c2ccc(Br)cc2Cl)cc1Cl. The van der Waals surface area contributed by atoms with E-state index in [-0.39, 0.29) is 5.78 Å². The summed E-state index contributed by atoms with van der Waals surface area (Å²) in [5, 5.41) is 0.785. The number of methoxy groups -OCH3 is 1. The number of halogens is 3. The summed E-state index contributed by atoms with van der Waals surface area (Å²) < 4.78 is 5.87. The molecule has 2 nitrogen and oxygen atoms in total. The molecule has 0 amide bonds. The number of ketones is 1. The van der Waals surface area contributed by atoms with Gasteiger partial charge in [-0.1, -0.05) is 39.1 Å². The zero-order valence-corrected chi connectivity index (χ0v) is 13.0. The van der Waals surface area contributed by atoms with Crippen molar-refractivity contribution < 1.29 is 9.53 Å². The molecule has 19 heavy (non-hydrogen) atoms. The van der Waals surface area contributed by atoms with Gasteiger partial charge < -0.3 is 4.74 Å². The van der Waals surface area contributed by atoms with E-state index in [1.807, 2.05) is 0 Å². The summed E-state index contributed by atoms with van der Waals surface area (Å²) >= 11 is 15.4. The first-order valence-corrected chi connectivity index (χ1v) is 6.91. The highest BCUT2D eigenvalue weighted by molar-refractivity contribution is 9.10. The number of benzene rings is 2. The molecule has 2 rings (SSSR count). The second-order valence-corrected chi connectivity index (χ2v) is 5.53. The summed E-state index contributed by atoms with van der Waals surface area (Å²) in [6, 6.07) is 10.0. The van der Waals surface area contributed by atoms with Crippen molar-refractivity contribution in [2.75, 3.05) is 7.11 Å². The van der Waals surface area contributed by atoms with E-state index in [1.165, 1.54) is 7.11 Å². The molecule has 98 valence electrons. The molecule has 0 unspecified atom stereocenters. The largest absolute Gasteiger partial charge is 0.495 e. The molecule has 0 aliphatic heterocycles. The lowest BCUT2D eigenvalue weighted by molar-refractivity contribution is 0.103. The van der Waals surface area contributed by atoms with Crippen LogP contribution in [0.5, 0.6) is 5.75 Å². The van der Waals surface area contributed by atoms with E-state index in [2.05, 4.69) is 15.9 Å². The molecule has 0 heterocycles. The van der Waals surface area contributed by atoms with Gasteiger partial charge in [-0.2, -0.15) is 0 Å². The Bertz CT molecular complexity index is 641. The van der Waals surface area contributed by atoms with E-state index in [4.69, 9.17) is 27.9 Å². The first-order valence-electron chi connectivity index (χ1n) is 5.36. The van der Waals surface area contributed by atoms with E-state index < -0.39 is 0 Å². The highest BCUT2D eigenvalue weighted by Gasteiger charge is 2.14. The molecule has 0 atom stereocenters. The molecule has 0 saturated carbocycles. The van der Waals surface area contributed by atoms with E-state index in [9.17, 15) is 4.79 Å². The van der Waals surface area contributed by atoms with Crippen LogP contribution in [0.25, 0.3) is 0 Å². The summed E-state index contributed by atoms with van der Waals surface area (Å²) in [5.74, 6) is 0.349. The molecule has 2 aromatic rings. The Kier molecular flexibility index (Phi) is 4.50. The van der Waals surface area contributed by atoms with Gasteiger partial charge in [0.05, 0.1) is 17.2 Å². The van der Waals surface area contributed by atoms with Gasteiger partial charge in [-0.05, 0) is 36.4 Å². The standard InChI is InChI=1S/C14H9BrCl2O2/c1-19-13-5-2-8(6-12(13)17)14(18)10-4-3-9(15)7-11(10)16/h2-7H,1H3. The molecule has 0 fully saturated rings. The maximum absolute atomic E-state index is 12.3. The average Bonchev–Trinajstić information content (AvgIpc) is 2.38. The van der Waals surface area contributed by atoms with Gasteiger partial charge in [0.25, 0.3) is 0 Å². The minimum atomic E-state index is -0.179. The number of ether oxygens (including phenoxy) is 1. The number of carbonyl (C=O) groups is 1. The van der Waals surface area contributed by atoms with Crippen LogP contribution in [-0.2, 0) is 0 Å². The lowest BCUT2D eigenvalue weighted by Gasteiger charge is -2.07. The van der Waals surface area contributed by atoms with Crippen molar-refractivity contribution in [2.45, 2.75) is 0 Å². The second-order valence-electron chi connectivity index (χ2n) is 3.80. The van der Waals surface area contributed by atoms with Crippen LogP contribution in [0.2, 0.25) is 10.0 Å². The smallest absolute Gasteiger partial charge is 0.194 e. The highest BCUT2D eigenvalue weighted by Crippen LogP contribution is 2.28. The Morgan fingerprint density at radius 1 is 1.11 bits per heavy atom. The van der Waals surface area contributed by atoms with Gasteiger partial charge in [0, 0.05) is 15.6 Å².